The second kappa shape index (κ2) is 7.75. The van der Waals surface area contributed by atoms with Gasteiger partial charge < -0.3 is 0 Å². The highest BCUT2D eigenvalue weighted by molar-refractivity contribution is 7.14. The number of hydrogen-bond acceptors (Lipinski definition) is 4. The number of anilines is 1. The van der Waals surface area contributed by atoms with E-state index in [0.29, 0.717) is 12.1 Å². The third-order valence-electron chi connectivity index (χ3n) is 5.11. The van der Waals surface area contributed by atoms with Crippen LogP contribution < -0.4 is 4.90 Å². The molecule has 1 heterocycles. The largest absolute Gasteiger partial charge is 0.298 e. The fourth-order valence-corrected chi connectivity index (χ4v) is 4.55. The normalized spacial score (nSPS) is 20.3. The topological polar surface area (TPSA) is 36.4 Å². The highest BCUT2D eigenvalue weighted by Crippen LogP contribution is 2.34. The zero-order valence-electron chi connectivity index (χ0n) is 14.5. The highest BCUT2D eigenvalue weighted by Gasteiger charge is 2.33. The van der Waals surface area contributed by atoms with Crippen molar-refractivity contribution in [1.82, 2.24) is 9.88 Å². The number of aromatic nitrogens is 1. The van der Waals surface area contributed by atoms with Gasteiger partial charge in [0.25, 0.3) is 0 Å². The first kappa shape index (κ1) is 16.9. The number of thiazole rings is 1. The predicted octanol–water partition coefficient (Wildman–Crippen LogP) is 4.20. The molecule has 0 spiro atoms. The van der Waals surface area contributed by atoms with Gasteiger partial charge in [0.2, 0.25) is 5.91 Å². The molecule has 1 aromatic heterocycles. The Bertz CT molecular complexity index is 518. The van der Waals surface area contributed by atoms with Crippen molar-refractivity contribution < 1.29 is 4.79 Å². The summed E-state index contributed by atoms with van der Waals surface area (Å²) in [7, 11) is 2.23. The van der Waals surface area contributed by atoms with Gasteiger partial charge in [-0.05, 0) is 32.7 Å². The van der Waals surface area contributed by atoms with Crippen LogP contribution >= 0.6 is 11.3 Å². The van der Waals surface area contributed by atoms with Crippen LogP contribution in [-0.4, -0.2) is 34.9 Å². The molecule has 3 rings (SSSR count). The molecule has 1 amide bonds. The van der Waals surface area contributed by atoms with Crippen molar-refractivity contribution in [1.29, 1.82) is 0 Å². The van der Waals surface area contributed by atoms with Crippen LogP contribution in [0, 0.1) is 0 Å². The standard InChI is InChI=1S/C18H29N3OS/c1-14(22)21(17-10-11-17)18-19-15(13-23-18)12-20(2)16-8-6-4-3-5-7-9-16/h13,16-17H,3-12H2,1-2H3. The fourth-order valence-electron chi connectivity index (χ4n) is 3.62. The van der Waals surface area contributed by atoms with Crippen molar-refractivity contribution >= 4 is 22.4 Å². The van der Waals surface area contributed by atoms with E-state index in [1.165, 1.54) is 44.9 Å². The Morgan fingerprint density at radius 1 is 1.13 bits per heavy atom. The minimum Gasteiger partial charge on any atom is -0.298 e. The maximum Gasteiger partial charge on any atom is 0.225 e. The summed E-state index contributed by atoms with van der Waals surface area (Å²) in [5, 5.41) is 3.02. The van der Waals surface area contributed by atoms with Gasteiger partial charge >= 0.3 is 0 Å². The molecule has 1 aromatic rings. The molecule has 2 fully saturated rings. The molecular weight excluding hydrogens is 306 g/mol. The smallest absolute Gasteiger partial charge is 0.225 e. The lowest BCUT2D eigenvalue weighted by Gasteiger charge is -2.29. The number of carbonyl (C=O) groups is 1. The zero-order valence-corrected chi connectivity index (χ0v) is 15.3. The Labute approximate surface area is 143 Å². The number of nitrogens with zero attached hydrogens (tertiary/aromatic N) is 3. The molecule has 2 aliphatic carbocycles. The minimum atomic E-state index is 0.127. The van der Waals surface area contributed by atoms with Gasteiger partial charge in [0.05, 0.1) is 5.69 Å². The molecule has 0 aliphatic heterocycles. The SMILES string of the molecule is CC(=O)N(c1nc(CN(C)C2CCCCCCC2)cs1)C1CC1. The fraction of sp³-hybridized carbons (Fsp3) is 0.778. The summed E-state index contributed by atoms with van der Waals surface area (Å²) in [5.41, 5.74) is 1.11. The van der Waals surface area contributed by atoms with Crippen LogP contribution in [0.5, 0.6) is 0 Å². The van der Waals surface area contributed by atoms with E-state index < -0.39 is 0 Å². The predicted molar refractivity (Wildman–Crippen MR) is 95.9 cm³/mol. The Hall–Kier alpha value is -0.940. The molecule has 2 aliphatic rings. The second-order valence-electron chi connectivity index (χ2n) is 7.16. The summed E-state index contributed by atoms with van der Waals surface area (Å²) in [6.07, 6.45) is 11.8. The maximum atomic E-state index is 11.9. The quantitative estimate of drug-likeness (QED) is 0.809. The monoisotopic (exact) mass is 335 g/mol. The van der Waals surface area contributed by atoms with Crippen molar-refractivity contribution in [2.24, 2.45) is 0 Å². The van der Waals surface area contributed by atoms with Gasteiger partial charge in [-0.2, -0.15) is 0 Å². The summed E-state index contributed by atoms with van der Waals surface area (Å²) in [6.45, 7) is 2.55. The van der Waals surface area contributed by atoms with Crippen LogP contribution in [0.25, 0.3) is 0 Å². The summed E-state index contributed by atoms with van der Waals surface area (Å²) < 4.78 is 0. The van der Waals surface area contributed by atoms with Crippen molar-refractivity contribution in [3.8, 4) is 0 Å². The Morgan fingerprint density at radius 2 is 1.78 bits per heavy atom. The molecule has 5 heteroatoms. The van der Waals surface area contributed by atoms with E-state index >= 15 is 0 Å². The third-order valence-corrected chi connectivity index (χ3v) is 6.00. The average Bonchev–Trinajstić information content (AvgIpc) is 3.18. The van der Waals surface area contributed by atoms with Crippen molar-refractivity contribution in [3.05, 3.63) is 11.1 Å². The third kappa shape index (κ3) is 4.54. The van der Waals surface area contributed by atoms with Crippen LogP contribution in [0.15, 0.2) is 5.38 Å². The molecular formula is C18H29N3OS. The first-order valence-electron chi connectivity index (χ1n) is 9.09. The van der Waals surface area contributed by atoms with Gasteiger partial charge in [0.1, 0.15) is 0 Å². The van der Waals surface area contributed by atoms with Crippen LogP contribution in [0.2, 0.25) is 0 Å². The van der Waals surface area contributed by atoms with Gasteiger partial charge in [0, 0.05) is 30.9 Å². The number of rotatable bonds is 5. The molecule has 128 valence electrons. The molecule has 0 bridgehead atoms. The van der Waals surface area contributed by atoms with Gasteiger partial charge in [0.15, 0.2) is 5.13 Å². The summed E-state index contributed by atoms with van der Waals surface area (Å²) in [4.78, 5) is 21.0. The number of amides is 1. The molecule has 4 nitrogen and oxygen atoms in total. The lowest BCUT2D eigenvalue weighted by atomic mass is 9.96. The summed E-state index contributed by atoms with van der Waals surface area (Å²) in [5.74, 6) is 0.127. The maximum absolute atomic E-state index is 11.9. The van der Waals surface area contributed by atoms with Crippen molar-refractivity contribution in [2.75, 3.05) is 11.9 Å². The highest BCUT2D eigenvalue weighted by atomic mass is 32.1. The van der Waals surface area contributed by atoms with E-state index in [4.69, 9.17) is 4.98 Å². The summed E-state index contributed by atoms with van der Waals surface area (Å²) in [6, 6.07) is 1.09. The number of carbonyl (C=O) groups excluding carboxylic acids is 1. The lowest BCUT2D eigenvalue weighted by Crippen LogP contribution is -2.32. The molecule has 0 atom stereocenters. The van der Waals surface area contributed by atoms with Gasteiger partial charge in [-0.1, -0.05) is 32.1 Å². The van der Waals surface area contributed by atoms with E-state index in [1.54, 1.807) is 18.3 Å². The van der Waals surface area contributed by atoms with E-state index in [0.717, 1.165) is 30.2 Å². The van der Waals surface area contributed by atoms with E-state index in [2.05, 4.69) is 17.3 Å². The molecule has 0 aromatic carbocycles. The van der Waals surface area contributed by atoms with Gasteiger partial charge in [-0.15, -0.1) is 11.3 Å². The van der Waals surface area contributed by atoms with Gasteiger partial charge in [-0.25, -0.2) is 4.98 Å². The van der Waals surface area contributed by atoms with Crippen LogP contribution in [0.3, 0.4) is 0 Å². The first-order chi connectivity index (χ1) is 11.1. The Balaban J connectivity index is 1.60. The second-order valence-corrected chi connectivity index (χ2v) is 7.99. The molecule has 23 heavy (non-hydrogen) atoms. The molecule has 0 radical (unpaired) electrons. The van der Waals surface area contributed by atoms with Crippen LogP contribution in [0.4, 0.5) is 5.13 Å². The lowest BCUT2D eigenvalue weighted by molar-refractivity contribution is -0.116. The average molecular weight is 336 g/mol. The van der Waals surface area contributed by atoms with Gasteiger partial charge in [-0.3, -0.25) is 14.6 Å². The molecule has 0 saturated heterocycles. The number of hydrogen-bond donors (Lipinski definition) is 0. The van der Waals surface area contributed by atoms with Crippen molar-refractivity contribution in [3.63, 3.8) is 0 Å². The van der Waals surface area contributed by atoms with Crippen LogP contribution in [-0.2, 0) is 11.3 Å². The van der Waals surface area contributed by atoms with Crippen molar-refractivity contribution in [2.45, 2.75) is 83.3 Å². The Morgan fingerprint density at radius 3 is 2.39 bits per heavy atom. The zero-order chi connectivity index (χ0) is 16.2. The molecule has 0 N–H and O–H groups in total. The first-order valence-corrected chi connectivity index (χ1v) is 9.97. The molecule has 0 unspecified atom stereocenters. The van der Waals surface area contributed by atoms with E-state index in [-0.39, 0.29) is 5.91 Å². The van der Waals surface area contributed by atoms with Crippen LogP contribution in [0.1, 0.15) is 70.4 Å². The van der Waals surface area contributed by atoms with E-state index in [1.807, 2.05) is 4.90 Å². The Kier molecular flexibility index (Phi) is 5.70. The molecule has 2 saturated carbocycles. The minimum absolute atomic E-state index is 0.127. The van der Waals surface area contributed by atoms with E-state index in [9.17, 15) is 4.79 Å². The summed E-state index contributed by atoms with van der Waals surface area (Å²) >= 11 is 1.62.